The van der Waals surface area contributed by atoms with Gasteiger partial charge in [0.2, 0.25) is 0 Å². The van der Waals surface area contributed by atoms with Crippen molar-refractivity contribution in [3.05, 3.63) is 11.1 Å². The fourth-order valence-electron chi connectivity index (χ4n) is 1.98. The Labute approximate surface area is 101 Å². The van der Waals surface area contributed by atoms with Crippen LogP contribution in [0.2, 0.25) is 0 Å². The maximum atomic E-state index is 5.32. The molecule has 0 radical (unpaired) electrons. The lowest BCUT2D eigenvalue weighted by molar-refractivity contribution is 0.128. The Kier molecular flexibility index (Phi) is 3.47. The third-order valence-corrected chi connectivity index (χ3v) is 4.18. The van der Waals surface area contributed by atoms with Crippen molar-refractivity contribution in [2.45, 2.75) is 33.2 Å². The molecule has 0 saturated carbocycles. The average molecular weight is 240 g/mol. The highest BCUT2D eigenvalue weighted by atomic mass is 32.1. The van der Waals surface area contributed by atoms with E-state index in [9.17, 15) is 0 Å². The van der Waals surface area contributed by atoms with E-state index in [1.807, 2.05) is 6.20 Å². The molecule has 90 valence electrons. The SMILES string of the molecule is CC1(C)CCN(Cc2cnc(NN)s2)CC1. The van der Waals surface area contributed by atoms with Crippen LogP contribution in [0.4, 0.5) is 5.13 Å². The van der Waals surface area contributed by atoms with Crippen molar-refractivity contribution in [3.8, 4) is 0 Å². The van der Waals surface area contributed by atoms with Crippen LogP contribution in [0.25, 0.3) is 0 Å². The minimum atomic E-state index is 0.522. The molecular formula is C11H20N4S. The molecule has 2 heterocycles. The number of rotatable bonds is 3. The maximum absolute atomic E-state index is 5.32. The number of anilines is 1. The van der Waals surface area contributed by atoms with E-state index >= 15 is 0 Å². The van der Waals surface area contributed by atoms with Gasteiger partial charge in [-0.05, 0) is 31.3 Å². The molecule has 1 aliphatic heterocycles. The van der Waals surface area contributed by atoms with Crippen molar-refractivity contribution in [3.63, 3.8) is 0 Å². The summed E-state index contributed by atoms with van der Waals surface area (Å²) in [5.74, 6) is 5.32. The van der Waals surface area contributed by atoms with Gasteiger partial charge in [-0.3, -0.25) is 10.3 Å². The fourth-order valence-corrected chi connectivity index (χ4v) is 2.75. The van der Waals surface area contributed by atoms with Gasteiger partial charge in [-0.2, -0.15) is 0 Å². The standard InChI is InChI=1S/C11H20N4S/c1-11(2)3-5-15(6-4-11)8-9-7-13-10(14-12)16-9/h7H,3-6,8,12H2,1-2H3,(H,13,14). The summed E-state index contributed by atoms with van der Waals surface area (Å²) < 4.78 is 0. The molecule has 1 aliphatic rings. The van der Waals surface area contributed by atoms with E-state index in [2.05, 4.69) is 29.2 Å². The number of thiazole rings is 1. The summed E-state index contributed by atoms with van der Waals surface area (Å²) in [6.07, 6.45) is 4.49. The molecule has 0 bridgehead atoms. The first-order valence-electron chi connectivity index (χ1n) is 5.73. The highest BCUT2D eigenvalue weighted by molar-refractivity contribution is 7.15. The molecule has 16 heavy (non-hydrogen) atoms. The molecule has 0 amide bonds. The molecule has 1 fully saturated rings. The zero-order valence-electron chi connectivity index (χ0n) is 9.99. The van der Waals surface area contributed by atoms with Gasteiger partial charge in [0, 0.05) is 17.6 Å². The number of hydrogen-bond donors (Lipinski definition) is 2. The summed E-state index contributed by atoms with van der Waals surface area (Å²) in [6, 6.07) is 0. The van der Waals surface area contributed by atoms with Crippen molar-refractivity contribution in [1.29, 1.82) is 0 Å². The quantitative estimate of drug-likeness (QED) is 0.627. The Balaban J connectivity index is 1.87. The molecule has 1 saturated heterocycles. The molecule has 0 aromatic carbocycles. The van der Waals surface area contributed by atoms with E-state index in [4.69, 9.17) is 5.84 Å². The van der Waals surface area contributed by atoms with Crippen LogP contribution in [0, 0.1) is 5.41 Å². The number of hydrazine groups is 1. The van der Waals surface area contributed by atoms with Crippen molar-refractivity contribution in [2.75, 3.05) is 18.5 Å². The van der Waals surface area contributed by atoms with Gasteiger partial charge in [0.25, 0.3) is 0 Å². The topological polar surface area (TPSA) is 54.2 Å². The Bertz CT molecular complexity index is 338. The molecule has 1 aromatic rings. The molecular weight excluding hydrogens is 220 g/mol. The lowest BCUT2D eigenvalue weighted by Crippen LogP contribution is -2.36. The lowest BCUT2D eigenvalue weighted by atomic mass is 9.83. The second kappa shape index (κ2) is 4.69. The molecule has 5 heteroatoms. The predicted molar refractivity (Wildman–Crippen MR) is 68.2 cm³/mol. The first-order valence-corrected chi connectivity index (χ1v) is 6.54. The molecule has 3 N–H and O–H groups in total. The highest BCUT2D eigenvalue weighted by Gasteiger charge is 2.25. The normalized spacial score (nSPS) is 20.9. The van der Waals surface area contributed by atoms with Crippen LogP contribution in [0.3, 0.4) is 0 Å². The average Bonchev–Trinajstić information content (AvgIpc) is 2.69. The Morgan fingerprint density at radius 2 is 2.19 bits per heavy atom. The first-order chi connectivity index (χ1) is 7.59. The largest absolute Gasteiger partial charge is 0.300 e. The number of nitrogen functional groups attached to an aromatic ring is 1. The van der Waals surface area contributed by atoms with E-state index in [-0.39, 0.29) is 0 Å². The second-order valence-corrected chi connectivity index (χ2v) is 6.33. The van der Waals surface area contributed by atoms with Crippen LogP contribution >= 0.6 is 11.3 Å². The van der Waals surface area contributed by atoms with Gasteiger partial charge in [0.05, 0.1) is 0 Å². The summed E-state index contributed by atoms with van der Waals surface area (Å²) in [5, 5.41) is 0.798. The number of aromatic nitrogens is 1. The number of nitrogens with two attached hydrogens (primary N) is 1. The van der Waals surface area contributed by atoms with E-state index in [0.717, 1.165) is 11.7 Å². The summed E-state index contributed by atoms with van der Waals surface area (Å²) in [4.78, 5) is 7.97. The Morgan fingerprint density at radius 3 is 2.75 bits per heavy atom. The van der Waals surface area contributed by atoms with Crippen LogP contribution in [0.15, 0.2) is 6.20 Å². The molecule has 0 atom stereocenters. The van der Waals surface area contributed by atoms with Crippen LogP contribution in [0.1, 0.15) is 31.6 Å². The number of piperidine rings is 1. The fraction of sp³-hybridized carbons (Fsp3) is 0.727. The summed E-state index contributed by atoms with van der Waals surface area (Å²) in [6.45, 7) is 8.10. The summed E-state index contributed by atoms with van der Waals surface area (Å²) >= 11 is 1.64. The molecule has 0 aliphatic carbocycles. The molecule has 0 unspecified atom stereocenters. The Morgan fingerprint density at radius 1 is 1.50 bits per heavy atom. The zero-order valence-corrected chi connectivity index (χ0v) is 10.8. The van der Waals surface area contributed by atoms with Crippen LogP contribution in [0.5, 0.6) is 0 Å². The third kappa shape index (κ3) is 2.93. The van der Waals surface area contributed by atoms with E-state index in [1.54, 1.807) is 11.3 Å². The van der Waals surface area contributed by atoms with E-state index in [0.29, 0.717) is 5.41 Å². The number of nitrogens with zero attached hydrogens (tertiary/aromatic N) is 2. The van der Waals surface area contributed by atoms with Gasteiger partial charge in [0.15, 0.2) is 5.13 Å². The third-order valence-electron chi connectivity index (χ3n) is 3.27. The summed E-state index contributed by atoms with van der Waals surface area (Å²) in [7, 11) is 0. The monoisotopic (exact) mass is 240 g/mol. The maximum Gasteiger partial charge on any atom is 0.197 e. The smallest absolute Gasteiger partial charge is 0.197 e. The van der Waals surface area contributed by atoms with Crippen molar-refractivity contribution < 1.29 is 0 Å². The van der Waals surface area contributed by atoms with Gasteiger partial charge in [0.1, 0.15) is 0 Å². The van der Waals surface area contributed by atoms with Crippen LogP contribution in [-0.2, 0) is 6.54 Å². The lowest BCUT2D eigenvalue weighted by Gasteiger charge is -2.36. The summed E-state index contributed by atoms with van der Waals surface area (Å²) in [5.41, 5.74) is 3.11. The molecule has 4 nitrogen and oxygen atoms in total. The van der Waals surface area contributed by atoms with Crippen molar-refractivity contribution >= 4 is 16.5 Å². The van der Waals surface area contributed by atoms with Crippen molar-refractivity contribution in [1.82, 2.24) is 9.88 Å². The van der Waals surface area contributed by atoms with Gasteiger partial charge >= 0.3 is 0 Å². The van der Waals surface area contributed by atoms with Crippen molar-refractivity contribution in [2.24, 2.45) is 11.3 Å². The molecule has 2 rings (SSSR count). The number of hydrogen-bond acceptors (Lipinski definition) is 5. The number of likely N-dealkylation sites (tertiary alicyclic amines) is 1. The minimum Gasteiger partial charge on any atom is -0.300 e. The van der Waals surface area contributed by atoms with Gasteiger partial charge < -0.3 is 0 Å². The van der Waals surface area contributed by atoms with E-state index in [1.165, 1.54) is 30.8 Å². The van der Waals surface area contributed by atoms with Gasteiger partial charge in [-0.25, -0.2) is 10.8 Å². The Hall–Kier alpha value is -0.650. The van der Waals surface area contributed by atoms with Crippen LogP contribution < -0.4 is 11.3 Å². The second-order valence-electron chi connectivity index (χ2n) is 5.22. The highest BCUT2D eigenvalue weighted by Crippen LogP contribution is 2.30. The number of nitrogens with one attached hydrogen (secondary N) is 1. The zero-order chi connectivity index (χ0) is 11.6. The van der Waals surface area contributed by atoms with Gasteiger partial charge in [-0.15, -0.1) is 0 Å². The minimum absolute atomic E-state index is 0.522. The predicted octanol–water partition coefficient (Wildman–Crippen LogP) is 2.05. The van der Waals surface area contributed by atoms with Crippen LogP contribution in [-0.4, -0.2) is 23.0 Å². The first kappa shape index (κ1) is 11.8. The molecule has 0 spiro atoms. The van der Waals surface area contributed by atoms with Gasteiger partial charge in [-0.1, -0.05) is 25.2 Å². The van der Waals surface area contributed by atoms with E-state index < -0.39 is 0 Å². The molecule has 1 aromatic heterocycles.